The largest absolute Gasteiger partial charge is 0.481 e. The van der Waals surface area contributed by atoms with E-state index in [0.717, 1.165) is 0 Å². The number of hydrogen-bond acceptors (Lipinski definition) is 13. The molecule has 0 saturated heterocycles. The lowest BCUT2D eigenvalue weighted by Gasteiger charge is -2.35. The highest BCUT2D eigenvalue weighted by molar-refractivity contribution is 9.10. The predicted octanol–water partition coefficient (Wildman–Crippen LogP) is 3.09. The molecule has 2 atom stereocenters. The van der Waals surface area contributed by atoms with Crippen molar-refractivity contribution in [3.8, 4) is 0 Å². The van der Waals surface area contributed by atoms with Crippen LogP contribution in [0.25, 0.3) is 0 Å². The van der Waals surface area contributed by atoms with E-state index in [4.69, 9.17) is 39.3 Å². The third kappa shape index (κ3) is 18.7. The molecular weight excluding hydrogens is 662 g/mol. The number of halogens is 1. The summed E-state index contributed by atoms with van der Waals surface area (Å²) in [6, 6.07) is 0. The Balaban J connectivity index is 4.81. The number of alkyl halides is 1. The maximum Gasteiger partial charge on any atom is 0.322 e. The van der Waals surface area contributed by atoms with E-state index in [0.29, 0.717) is 19.3 Å². The molecule has 45 heavy (non-hydrogen) atoms. The van der Waals surface area contributed by atoms with Gasteiger partial charge in [-0.3, -0.25) is 28.8 Å². The first-order valence-corrected chi connectivity index (χ1v) is 15.7. The molecule has 0 rings (SSSR count). The van der Waals surface area contributed by atoms with Crippen LogP contribution in [0.2, 0.25) is 0 Å². The van der Waals surface area contributed by atoms with Gasteiger partial charge in [0.1, 0.15) is 30.8 Å². The molecule has 0 bridgehead atoms. The van der Waals surface area contributed by atoms with E-state index in [9.17, 15) is 28.8 Å². The second kappa shape index (κ2) is 21.9. The molecular formula is C30H50BrNO13. The van der Waals surface area contributed by atoms with Crippen molar-refractivity contribution in [3.05, 3.63) is 0 Å². The van der Waals surface area contributed by atoms with Crippen LogP contribution in [0.4, 0.5) is 0 Å². The Bertz CT molecular complexity index is 970. The number of unbranched alkanes of at least 4 members (excludes halogenated alkanes) is 2. The zero-order valence-corrected chi connectivity index (χ0v) is 28.7. The van der Waals surface area contributed by atoms with Crippen LogP contribution in [-0.2, 0) is 57.2 Å². The van der Waals surface area contributed by atoms with Crippen LogP contribution in [0, 0.1) is 10.8 Å². The fourth-order valence-corrected chi connectivity index (χ4v) is 4.76. The summed E-state index contributed by atoms with van der Waals surface area (Å²) in [5.41, 5.74) is 3.31. The number of nitrogens with two attached hydrogens (primary N) is 1. The lowest BCUT2D eigenvalue weighted by molar-refractivity contribution is -0.162. The molecule has 0 fully saturated rings. The minimum absolute atomic E-state index is 0.0176. The van der Waals surface area contributed by atoms with Gasteiger partial charge in [0.2, 0.25) is 0 Å². The molecule has 260 valence electrons. The average molecular weight is 713 g/mol. The average Bonchev–Trinajstić information content (AvgIpc) is 2.97. The number of carbonyl (C=O) groups is 6. The Morgan fingerprint density at radius 3 is 1.82 bits per heavy atom. The first-order chi connectivity index (χ1) is 21.0. The van der Waals surface area contributed by atoms with Crippen LogP contribution >= 0.6 is 15.9 Å². The van der Waals surface area contributed by atoms with Crippen molar-refractivity contribution < 1.29 is 62.3 Å². The molecule has 2 unspecified atom stereocenters. The Morgan fingerprint density at radius 1 is 0.644 bits per heavy atom. The van der Waals surface area contributed by atoms with Crippen molar-refractivity contribution in [2.75, 3.05) is 53.3 Å². The monoisotopic (exact) mass is 711 g/mol. The normalized spacial score (nSPS) is 13.9. The van der Waals surface area contributed by atoms with Crippen LogP contribution in [-0.4, -0.2) is 98.5 Å². The van der Waals surface area contributed by atoms with E-state index in [1.165, 1.54) is 7.11 Å². The summed E-state index contributed by atoms with van der Waals surface area (Å²) in [7, 11) is 1.47. The van der Waals surface area contributed by atoms with Crippen LogP contribution in [0.15, 0.2) is 0 Å². The van der Waals surface area contributed by atoms with E-state index in [1.807, 2.05) is 0 Å². The smallest absolute Gasteiger partial charge is 0.322 e. The molecule has 0 saturated carbocycles. The van der Waals surface area contributed by atoms with Crippen molar-refractivity contribution in [1.82, 2.24) is 0 Å². The second-order valence-electron chi connectivity index (χ2n) is 11.7. The van der Waals surface area contributed by atoms with Crippen LogP contribution in [0.3, 0.4) is 0 Å². The number of methoxy groups -OCH3 is 1. The van der Waals surface area contributed by atoms with E-state index >= 15 is 0 Å². The van der Waals surface area contributed by atoms with Gasteiger partial charge in [-0.1, -0.05) is 15.9 Å². The Labute approximate surface area is 273 Å². The van der Waals surface area contributed by atoms with Crippen molar-refractivity contribution in [1.29, 1.82) is 0 Å². The molecule has 0 spiro atoms. The standard InChI is InChI=1S/C30H50BrNO13/c1-28(2,25(37)43-16-14-32)12-13-29(3,26(38)44-18-17-40-5)21-30(4,31)27(39)45-20-19-42-23(35)9-7-6-8-15-41-24(36)11-10-22(33)34/h6-21,32H2,1-5H3,(H,33,34). The topological polar surface area (TPSA) is 204 Å². The number of rotatable bonds is 25. The van der Waals surface area contributed by atoms with Gasteiger partial charge < -0.3 is 39.3 Å². The van der Waals surface area contributed by atoms with Gasteiger partial charge in [0, 0.05) is 20.1 Å². The van der Waals surface area contributed by atoms with Crippen molar-refractivity contribution in [3.63, 3.8) is 0 Å². The number of esters is 5. The van der Waals surface area contributed by atoms with Gasteiger partial charge in [-0.2, -0.15) is 0 Å². The van der Waals surface area contributed by atoms with Gasteiger partial charge >= 0.3 is 35.8 Å². The van der Waals surface area contributed by atoms with Crippen LogP contribution in [0.1, 0.15) is 85.5 Å². The number of carbonyl (C=O) groups excluding carboxylic acids is 5. The van der Waals surface area contributed by atoms with Gasteiger partial charge in [-0.25, -0.2) is 0 Å². The van der Waals surface area contributed by atoms with Gasteiger partial charge in [0.05, 0.1) is 36.9 Å². The van der Waals surface area contributed by atoms with Crippen molar-refractivity contribution >= 4 is 51.7 Å². The lowest BCUT2D eigenvalue weighted by atomic mass is 9.73. The van der Waals surface area contributed by atoms with Gasteiger partial charge in [0.15, 0.2) is 0 Å². The zero-order valence-electron chi connectivity index (χ0n) is 27.1. The first-order valence-electron chi connectivity index (χ1n) is 14.9. The Hall–Kier alpha value is -2.78. The van der Waals surface area contributed by atoms with Crippen molar-refractivity contribution in [2.24, 2.45) is 16.6 Å². The van der Waals surface area contributed by atoms with E-state index < -0.39 is 51.0 Å². The number of ether oxygens (including phenoxy) is 6. The molecule has 0 heterocycles. The molecule has 0 aliphatic rings. The molecule has 0 radical (unpaired) electrons. The fourth-order valence-electron chi connectivity index (χ4n) is 4.02. The maximum atomic E-state index is 13.2. The van der Waals surface area contributed by atoms with Crippen LogP contribution < -0.4 is 5.73 Å². The molecule has 0 aliphatic carbocycles. The Morgan fingerprint density at radius 2 is 1.20 bits per heavy atom. The van der Waals surface area contributed by atoms with Crippen molar-refractivity contribution in [2.45, 2.75) is 89.8 Å². The number of aliphatic carboxylic acids is 1. The Kier molecular flexibility index (Phi) is 20.5. The SMILES string of the molecule is COCCOC(=O)C(C)(CCC(C)(C)C(=O)OCCN)CC(C)(Br)C(=O)OCCOC(=O)CCCCCOC(=O)CCC(=O)O. The summed E-state index contributed by atoms with van der Waals surface area (Å²) in [4.78, 5) is 72.4. The summed E-state index contributed by atoms with van der Waals surface area (Å²) in [6.07, 6.45) is 1.69. The molecule has 14 nitrogen and oxygen atoms in total. The first kappa shape index (κ1) is 42.2. The molecule has 3 N–H and O–H groups in total. The highest BCUT2D eigenvalue weighted by atomic mass is 79.9. The summed E-state index contributed by atoms with van der Waals surface area (Å²) in [6.45, 7) is 6.87. The van der Waals surface area contributed by atoms with Gasteiger partial charge in [0.25, 0.3) is 0 Å². The highest BCUT2D eigenvalue weighted by Gasteiger charge is 2.46. The fraction of sp³-hybridized carbons (Fsp3) is 0.800. The van der Waals surface area contributed by atoms with Gasteiger partial charge in [-0.05, 0) is 66.2 Å². The number of hydrogen-bond donors (Lipinski definition) is 2. The summed E-state index contributed by atoms with van der Waals surface area (Å²) < 4.78 is 29.6. The minimum atomic E-state index is -1.31. The summed E-state index contributed by atoms with van der Waals surface area (Å²) >= 11 is 3.40. The zero-order chi connectivity index (χ0) is 34.5. The third-order valence-corrected chi connectivity index (χ3v) is 7.38. The summed E-state index contributed by atoms with van der Waals surface area (Å²) in [5, 5.41) is 8.55. The highest BCUT2D eigenvalue weighted by Crippen LogP contribution is 2.42. The van der Waals surface area contributed by atoms with Crippen LogP contribution in [0.5, 0.6) is 0 Å². The second-order valence-corrected chi connectivity index (χ2v) is 13.4. The molecule has 0 aromatic heterocycles. The number of carboxylic acid groups (broad SMARTS) is 1. The quantitative estimate of drug-likeness (QED) is 0.0605. The maximum absolute atomic E-state index is 13.2. The van der Waals surface area contributed by atoms with Gasteiger partial charge in [-0.15, -0.1) is 0 Å². The number of carboxylic acids is 1. The molecule has 0 aliphatic heterocycles. The molecule has 0 amide bonds. The van der Waals surface area contributed by atoms with E-state index in [2.05, 4.69) is 15.9 Å². The third-order valence-electron chi connectivity index (χ3n) is 6.78. The predicted molar refractivity (Wildman–Crippen MR) is 164 cm³/mol. The molecule has 15 heteroatoms. The van der Waals surface area contributed by atoms with E-state index in [1.54, 1.807) is 27.7 Å². The minimum Gasteiger partial charge on any atom is -0.481 e. The van der Waals surface area contributed by atoms with E-state index in [-0.39, 0.29) is 84.7 Å². The molecule has 0 aromatic rings. The summed E-state index contributed by atoms with van der Waals surface area (Å²) in [5.74, 6) is -3.82. The lowest BCUT2D eigenvalue weighted by Crippen LogP contribution is -2.42. The molecule has 0 aromatic carbocycles.